The maximum atomic E-state index is 13.2. The summed E-state index contributed by atoms with van der Waals surface area (Å²) in [6.45, 7) is 1.31. The number of benzene rings is 2. The summed E-state index contributed by atoms with van der Waals surface area (Å²) in [5.74, 6) is 0.0351. The highest BCUT2D eigenvalue weighted by atomic mass is 16.5. The number of nitrogens with zero attached hydrogens (tertiary/aromatic N) is 1. The van der Waals surface area contributed by atoms with E-state index in [0.717, 1.165) is 11.1 Å². The highest BCUT2D eigenvalue weighted by Gasteiger charge is 2.24. The van der Waals surface area contributed by atoms with Crippen molar-refractivity contribution in [1.29, 1.82) is 0 Å². The largest absolute Gasteiger partial charge is 0.497 e. The fourth-order valence-electron chi connectivity index (χ4n) is 3.12. The van der Waals surface area contributed by atoms with Crippen molar-refractivity contribution >= 4 is 17.8 Å². The summed E-state index contributed by atoms with van der Waals surface area (Å²) in [7, 11) is 4.34. The van der Waals surface area contributed by atoms with E-state index in [1.165, 1.54) is 33.2 Å². The maximum absolute atomic E-state index is 13.2. The van der Waals surface area contributed by atoms with Crippen LogP contribution in [-0.2, 0) is 25.7 Å². The second-order valence-corrected chi connectivity index (χ2v) is 6.91. The summed E-state index contributed by atoms with van der Waals surface area (Å²) in [6, 6.07) is 13.9. The molecule has 1 unspecified atom stereocenters. The van der Waals surface area contributed by atoms with Gasteiger partial charge in [0.2, 0.25) is 11.8 Å². The van der Waals surface area contributed by atoms with Crippen LogP contribution < -0.4 is 14.8 Å². The lowest BCUT2D eigenvalue weighted by Crippen LogP contribution is -2.38. The van der Waals surface area contributed by atoms with Gasteiger partial charge in [-0.1, -0.05) is 30.3 Å². The molecule has 2 amide bonds. The molecule has 1 atom stereocenters. The van der Waals surface area contributed by atoms with Gasteiger partial charge in [-0.2, -0.15) is 0 Å². The number of nitrogens with one attached hydrogen (secondary N) is 1. The Morgan fingerprint density at radius 1 is 0.968 bits per heavy atom. The van der Waals surface area contributed by atoms with Crippen LogP contribution in [0.1, 0.15) is 30.5 Å². The normalized spacial score (nSPS) is 11.2. The number of methoxy groups -OCH3 is 3. The summed E-state index contributed by atoms with van der Waals surface area (Å²) in [4.78, 5) is 38.2. The van der Waals surface area contributed by atoms with Crippen molar-refractivity contribution in [2.75, 3.05) is 27.9 Å². The monoisotopic (exact) mass is 428 g/mol. The molecule has 0 saturated carbocycles. The standard InChI is InChI=1S/C23H28N2O6/c1-16(26)24-21(18-8-6-5-7-9-18)13-22(27)25(15-23(28)31-4)14-17-10-19(29-2)12-20(11-17)30-3/h5-12,21H,13-15H2,1-4H3,(H,24,26). The zero-order valence-corrected chi connectivity index (χ0v) is 18.2. The molecule has 0 aliphatic heterocycles. The van der Waals surface area contributed by atoms with Gasteiger partial charge in [-0.15, -0.1) is 0 Å². The minimum atomic E-state index is -0.543. The van der Waals surface area contributed by atoms with E-state index in [-0.39, 0.29) is 31.3 Å². The lowest BCUT2D eigenvalue weighted by atomic mass is 10.0. The number of rotatable bonds is 10. The molecule has 8 nitrogen and oxygen atoms in total. The van der Waals surface area contributed by atoms with Crippen molar-refractivity contribution in [3.8, 4) is 11.5 Å². The first-order valence-electron chi connectivity index (χ1n) is 9.74. The van der Waals surface area contributed by atoms with E-state index < -0.39 is 12.0 Å². The van der Waals surface area contributed by atoms with Crippen LogP contribution in [0, 0.1) is 0 Å². The molecule has 0 fully saturated rings. The Hall–Kier alpha value is -3.55. The van der Waals surface area contributed by atoms with Gasteiger partial charge in [-0.3, -0.25) is 14.4 Å². The minimum absolute atomic E-state index is 0.0122. The average molecular weight is 428 g/mol. The van der Waals surface area contributed by atoms with Gasteiger partial charge in [-0.25, -0.2) is 0 Å². The van der Waals surface area contributed by atoms with Crippen LogP contribution in [0.4, 0.5) is 0 Å². The van der Waals surface area contributed by atoms with E-state index in [1.54, 1.807) is 18.2 Å². The molecule has 0 radical (unpaired) electrons. The number of carbonyl (C=O) groups is 3. The summed E-state index contributed by atoms with van der Waals surface area (Å²) in [5, 5.41) is 2.81. The van der Waals surface area contributed by atoms with Gasteiger partial charge in [0.1, 0.15) is 18.0 Å². The van der Waals surface area contributed by atoms with Crippen LogP contribution in [0.3, 0.4) is 0 Å². The van der Waals surface area contributed by atoms with Crippen LogP contribution in [0.5, 0.6) is 11.5 Å². The lowest BCUT2D eigenvalue weighted by molar-refractivity contribution is -0.147. The molecule has 8 heteroatoms. The summed E-state index contributed by atoms with van der Waals surface area (Å²) in [5.41, 5.74) is 1.52. The molecule has 1 N–H and O–H groups in total. The highest BCUT2D eigenvalue weighted by molar-refractivity contribution is 5.83. The van der Waals surface area contributed by atoms with Gasteiger partial charge >= 0.3 is 5.97 Å². The van der Waals surface area contributed by atoms with Gasteiger partial charge in [0.15, 0.2) is 0 Å². The van der Waals surface area contributed by atoms with Crippen molar-refractivity contribution in [2.24, 2.45) is 0 Å². The Bertz CT molecular complexity index is 878. The van der Waals surface area contributed by atoms with E-state index >= 15 is 0 Å². The van der Waals surface area contributed by atoms with E-state index in [2.05, 4.69) is 5.32 Å². The lowest BCUT2D eigenvalue weighted by Gasteiger charge is -2.25. The van der Waals surface area contributed by atoms with Crippen molar-refractivity contribution in [3.05, 3.63) is 59.7 Å². The van der Waals surface area contributed by atoms with Gasteiger partial charge < -0.3 is 24.4 Å². The number of ether oxygens (including phenoxy) is 3. The number of esters is 1. The number of amides is 2. The first-order chi connectivity index (χ1) is 14.9. The number of hydrogen-bond donors (Lipinski definition) is 1. The molecular formula is C23H28N2O6. The maximum Gasteiger partial charge on any atom is 0.325 e. The summed E-state index contributed by atoms with van der Waals surface area (Å²) < 4.78 is 15.3. The van der Waals surface area contributed by atoms with Crippen LogP contribution in [0.25, 0.3) is 0 Å². The third kappa shape index (κ3) is 7.33. The highest BCUT2D eigenvalue weighted by Crippen LogP contribution is 2.24. The van der Waals surface area contributed by atoms with Crippen molar-refractivity contribution in [2.45, 2.75) is 25.9 Å². The Morgan fingerprint density at radius 3 is 2.10 bits per heavy atom. The van der Waals surface area contributed by atoms with Crippen molar-refractivity contribution < 1.29 is 28.6 Å². The minimum Gasteiger partial charge on any atom is -0.497 e. The second-order valence-electron chi connectivity index (χ2n) is 6.91. The SMILES string of the molecule is COC(=O)CN(Cc1cc(OC)cc(OC)c1)C(=O)CC(NC(C)=O)c1ccccc1. The number of hydrogen-bond acceptors (Lipinski definition) is 6. The molecule has 2 rings (SSSR count). The quantitative estimate of drug-likeness (QED) is 0.585. The molecule has 0 bridgehead atoms. The predicted octanol–water partition coefficient (Wildman–Crippen LogP) is 2.47. The van der Waals surface area contributed by atoms with Crippen LogP contribution >= 0.6 is 0 Å². The number of carbonyl (C=O) groups excluding carboxylic acids is 3. The first-order valence-corrected chi connectivity index (χ1v) is 9.74. The molecule has 0 aliphatic rings. The molecule has 166 valence electrons. The first kappa shape index (κ1) is 23.7. The van der Waals surface area contributed by atoms with E-state index in [0.29, 0.717) is 11.5 Å². The zero-order chi connectivity index (χ0) is 22.8. The Kier molecular flexibility index (Phi) is 8.87. The molecule has 0 aromatic heterocycles. The summed E-state index contributed by atoms with van der Waals surface area (Å²) in [6.07, 6.45) is -0.0122. The van der Waals surface area contributed by atoms with Gasteiger partial charge in [0, 0.05) is 19.5 Å². The molecule has 31 heavy (non-hydrogen) atoms. The Balaban J connectivity index is 2.28. The fourth-order valence-corrected chi connectivity index (χ4v) is 3.12. The van der Waals surface area contributed by atoms with Gasteiger partial charge in [-0.05, 0) is 23.3 Å². The van der Waals surface area contributed by atoms with E-state index in [1.807, 2.05) is 30.3 Å². The smallest absolute Gasteiger partial charge is 0.325 e. The van der Waals surface area contributed by atoms with Crippen LogP contribution in [0.15, 0.2) is 48.5 Å². The molecule has 0 aliphatic carbocycles. The third-order valence-electron chi connectivity index (χ3n) is 4.64. The second kappa shape index (κ2) is 11.6. The van der Waals surface area contributed by atoms with Crippen LogP contribution in [0.2, 0.25) is 0 Å². The fraction of sp³-hybridized carbons (Fsp3) is 0.348. The van der Waals surface area contributed by atoms with Crippen LogP contribution in [-0.4, -0.2) is 50.6 Å². The van der Waals surface area contributed by atoms with E-state index in [9.17, 15) is 14.4 Å². The molecule has 2 aromatic rings. The molecular weight excluding hydrogens is 400 g/mol. The topological polar surface area (TPSA) is 94.2 Å². The molecule has 0 saturated heterocycles. The molecule has 0 heterocycles. The van der Waals surface area contributed by atoms with Gasteiger partial charge in [0.05, 0.1) is 33.8 Å². The Labute approximate surface area is 182 Å². The molecule has 0 spiro atoms. The summed E-state index contributed by atoms with van der Waals surface area (Å²) >= 11 is 0. The average Bonchev–Trinajstić information content (AvgIpc) is 2.77. The van der Waals surface area contributed by atoms with E-state index in [4.69, 9.17) is 14.2 Å². The Morgan fingerprint density at radius 2 is 1.58 bits per heavy atom. The third-order valence-corrected chi connectivity index (χ3v) is 4.64. The van der Waals surface area contributed by atoms with Gasteiger partial charge in [0.25, 0.3) is 0 Å². The van der Waals surface area contributed by atoms with Crippen molar-refractivity contribution in [3.63, 3.8) is 0 Å². The zero-order valence-electron chi connectivity index (χ0n) is 18.2. The van der Waals surface area contributed by atoms with Crippen molar-refractivity contribution in [1.82, 2.24) is 10.2 Å². The predicted molar refractivity (Wildman–Crippen MR) is 115 cm³/mol. The molecule has 2 aromatic carbocycles.